The average Bonchev–Trinajstić information content (AvgIpc) is 2.64. The predicted octanol–water partition coefficient (Wildman–Crippen LogP) is 3.33. The van der Waals surface area contributed by atoms with Crippen LogP contribution in [0.2, 0.25) is 5.02 Å². The fourth-order valence-corrected chi connectivity index (χ4v) is 4.25. The maximum atomic E-state index is 13.3. The zero-order valence-electron chi connectivity index (χ0n) is 14.7. The van der Waals surface area contributed by atoms with Gasteiger partial charge in [-0.25, -0.2) is 12.8 Å². The van der Waals surface area contributed by atoms with Gasteiger partial charge in [0.15, 0.2) is 0 Å². The number of halogens is 2. The molecule has 3 rings (SSSR count). The van der Waals surface area contributed by atoms with E-state index in [9.17, 15) is 22.4 Å². The average molecular weight is 427 g/mol. The summed E-state index contributed by atoms with van der Waals surface area (Å²) in [5.74, 6) is -1.47. The lowest BCUT2D eigenvalue weighted by molar-refractivity contribution is -0.129. The molecule has 1 fully saturated rings. The lowest BCUT2D eigenvalue weighted by Gasteiger charge is -2.25. The minimum absolute atomic E-state index is 0.0152. The molecule has 0 aromatic heterocycles. The first-order chi connectivity index (χ1) is 13.2. The number of benzene rings is 2. The van der Waals surface area contributed by atoms with Gasteiger partial charge in [0.2, 0.25) is 11.8 Å². The van der Waals surface area contributed by atoms with Gasteiger partial charge in [0, 0.05) is 12.8 Å². The van der Waals surface area contributed by atoms with E-state index in [1.54, 1.807) is 0 Å². The Bertz CT molecular complexity index is 1040. The summed E-state index contributed by atoms with van der Waals surface area (Å²) in [4.78, 5) is 25.0. The third kappa shape index (κ3) is 3.95. The standard InChI is InChI=1S/C18H16ClFN2O5S/c1-27-15-8-6-12(22-17(23)3-2-4-18(22)24)10-16(15)28(25,26)21-11-5-7-14(20)13(19)9-11/h5-10,21H,2-4H2,1H3. The Morgan fingerprint density at radius 3 is 2.39 bits per heavy atom. The highest BCUT2D eigenvalue weighted by molar-refractivity contribution is 7.92. The second kappa shape index (κ2) is 7.76. The fourth-order valence-electron chi connectivity index (χ4n) is 2.83. The number of nitrogens with one attached hydrogen (secondary N) is 1. The molecule has 0 bridgehead atoms. The van der Waals surface area contributed by atoms with Crippen LogP contribution in [0.4, 0.5) is 15.8 Å². The van der Waals surface area contributed by atoms with Crippen LogP contribution >= 0.6 is 11.6 Å². The van der Waals surface area contributed by atoms with Crippen LogP contribution in [-0.2, 0) is 19.6 Å². The maximum absolute atomic E-state index is 13.3. The number of hydrogen-bond acceptors (Lipinski definition) is 5. The number of methoxy groups -OCH3 is 1. The smallest absolute Gasteiger partial charge is 0.265 e. The molecule has 1 saturated heterocycles. The van der Waals surface area contributed by atoms with E-state index in [4.69, 9.17) is 16.3 Å². The zero-order chi connectivity index (χ0) is 20.5. The first kappa shape index (κ1) is 20.1. The van der Waals surface area contributed by atoms with E-state index < -0.39 is 27.7 Å². The molecule has 2 amide bonds. The summed E-state index contributed by atoms with van der Waals surface area (Å²) in [7, 11) is -2.90. The number of anilines is 2. The molecule has 0 radical (unpaired) electrons. The SMILES string of the molecule is COc1ccc(N2C(=O)CCCC2=O)cc1S(=O)(=O)Nc1ccc(F)c(Cl)c1. The van der Waals surface area contributed by atoms with Crippen LogP contribution in [0.3, 0.4) is 0 Å². The Hall–Kier alpha value is -2.65. The third-order valence-electron chi connectivity index (χ3n) is 4.15. The van der Waals surface area contributed by atoms with E-state index in [0.29, 0.717) is 6.42 Å². The highest BCUT2D eigenvalue weighted by atomic mass is 35.5. The van der Waals surface area contributed by atoms with Gasteiger partial charge in [0.05, 0.1) is 23.5 Å². The van der Waals surface area contributed by atoms with Crippen LogP contribution in [0.25, 0.3) is 0 Å². The molecule has 1 N–H and O–H groups in total. The lowest BCUT2D eigenvalue weighted by Crippen LogP contribution is -2.40. The third-order valence-corrected chi connectivity index (χ3v) is 5.84. The van der Waals surface area contributed by atoms with E-state index in [-0.39, 0.29) is 39.9 Å². The Morgan fingerprint density at radius 2 is 1.79 bits per heavy atom. The van der Waals surface area contributed by atoms with E-state index in [2.05, 4.69) is 4.72 Å². The summed E-state index contributed by atoms with van der Waals surface area (Å²) in [6, 6.07) is 7.35. The predicted molar refractivity (Wildman–Crippen MR) is 102 cm³/mol. The minimum atomic E-state index is -4.19. The number of rotatable bonds is 5. The Labute approximate surface area is 166 Å². The van der Waals surface area contributed by atoms with E-state index in [0.717, 1.165) is 17.0 Å². The first-order valence-electron chi connectivity index (χ1n) is 8.24. The fraction of sp³-hybridized carbons (Fsp3) is 0.222. The molecular weight excluding hydrogens is 411 g/mol. The highest BCUT2D eigenvalue weighted by Gasteiger charge is 2.29. The van der Waals surface area contributed by atoms with Gasteiger partial charge >= 0.3 is 0 Å². The lowest BCUT2D eigenvalue weighted by atomic mass is 10.1. The van der Waals surface area contributed by atoms with E-state index >= 15 is 0 Å². The van der Waals surface area contributed by atoms with Crippen LogP contribution in [0.5, 0.6) is 5.75 Å². The second-order valence-electron chi connectivity index (χ2n) is 6.05. The number of ether oxygens (including phenoxy) is 1. The molecule has 7 nitrogen and oxygen atoms in total. The molecule has 2 aromatic rings. The molecule has 1 heterocycles. The molecule has 1 aliphatic heterocycles. The van der Waals surface area contributed by atoms with Gasteiger partial charge in [-0.05, 0) is 42.8 Å². The van der Waals surface area contributed by atoms with Crippen molar-refractivity contribution < 1.29 is 27.1 Å². The number of nitrogens with zero attached hydrogens (tertiary/aromatic N) is 1. The van der Waals surface area contributed by atoms with Crippen molar-refractivity contribution in [2.45, 2.75) is 24.2 Å². The van der Waals surface area contributed by atoms with Crippen LogP contribution < -0.4 is 14.4 Å². The summed E-state index contributed by atoms with van der Waals surface area (Å²) < 4.78 is 46.4. The molecule has 2 aromatic carbocycles. The maximum Gasteiger partial charge on any atom is 0.265 e. The second-order valence-corrected chi connectivity index (χ2v) is 8.10. The Kier molecular flexibility index (Phi) is 5.57. The Balaban J connectivity index is 2.02. The molecular formula is C18H16ClFN2O5S. The number of amides is 2. The van der Waals surface area contributed by atoms with Crippen LogP contribution in [0.1, 0.15) is 19.3 Å². The van der Waals surface area contributed by atoms with Crippen molar-refractivity contribution >= 4 is 44.8 Å². The van der Waals surface area contributed by atoms with Crippen LogP contribution in [0, 0.1) is 5.82 Å². The molecule has 148 valence electrons. The van der Waals surface area contributed by atoms with Crippen molar-refractivity contribution in [2.24, 2.45) is 0 Å². The quantitative estimate of drug-likeness (QED) is 0.740. The van der Waals surface area contributed by atoms with Gasteiger partial charge in [-0.15, -0.1) is 0 Å². The summed E-state index contributed by atoms with van der Waals surface area (Å²) >= 11 is 5.69. The zero-order valence-corrected chi connectivity index (χ0v) is 16.3. The Morgan fingerprint density at radius 1 is 1.11 bits per heavy atom. The van der Waals surface area contributed by atoms with E-state index in [1.165, 1.54) is 31.4 Å². The monoisotopic (exact) mass is 426 g/mol. The molecule has 10 heteroatoms. The van der Waals surface area contributed by atoms with Crippen molar-refractivity contribution in [3.8, 4) is 5.75 Å². The number of sulfonamides is 1. The van der Waals surface area contributed by atoms with Gasteiger partial charge in [-0.2, -0.15) is 0 Å². The molecule has 0 saturated carbocycles. The summed E-state index contributed by atoms with van der Waals surface area (Å²) in [5, 5.41) is -0.245. The number of piperidine rings is 1. The van der Waals surface area contributed by atoms with Gasteiger partial charge in [-0.3, -0.25) is 19.2 Å². The highest BCUT2D eigenvalue weighted by Crippen LogP contribution is 2.32. The molecule has 0 aliphatic carbocycles. The minimum Gasteiger partial charge on any atom is -0.495 e. The largest absolute Gasteiger partial charge is 0.495 e. The summed E-state index contributed by atoms with van der Waals surface area (Å²) in [6.07, 6.45) is 0.862. The molecule has 0 atom stereocenters. The van der Waals surface area contributed by atoms with Gasteiger partial charge in [0.1, 0.15) is 16.5 Å². The van der Waals surface area contributed by atoms with Gasteiger partial charge < -0.3 is 4.74 Å². The normalized spacial score (nSPS) is 14.9. The van der Waals surface area contributed by atoms with Crippen molar-refractivity contribution in [1.29, 1.82) is 0 Å². The number of imide groups is 1. The van der Waals surface area contributed by atoms with E-state index in [1.807, 2.05) is 0 Å². The molecule has 0 spiro atoms. The topological polar surface area (TPSA) is 92.8 Å². The molecule has 0 unspecified atom stereocenters. The van der Waals surface area contributed by atoms with Crippen molar-refractivity contribution in [2.75, 3.05) is 16.7 Å². The molecule has 28 heavy (non-hydrogen) atoms. The first-order valence-corrected chi connectivity index (χ1v) is 10.1. The summed E-state index contributed by atoms with van der Waals surface area (Å²) in [6.45, 7) is 0. The number of carbonyl (C=O) groups excluding carboxylic acids is 2. The molecule has 1 aliphatic rings. The van der Waals surface area contributed by atoms with Crippen molar-refractivity contribution in [1.82, 2.24) is 0 Å². The van der Waals surface area contributed by atoms with Crippen molar-refractivity contribution in [3.05, 3.63) is 47.2 Å². The van der Waals surface area contributed by atoms with Gasteiger partial charge in [-0.1, -0.05) is 11.6 Å². The number of carbonyl (C=O) groups is 2. The van der Waals surface area contributed by atoms with Crippen LogP contribution in [-0.4, -0.2) is 27.3 Å². The summed E-state index contributed by atoms with van der Waals surface area (Å²) in [5.41, 5.74) is 0.178. The van der Waals surface area contributed by atoms with Gasteiger partial charge in [0.25, 0.3) is 10.0 Å². The van der Waals surface area contributed by atoms with Crippen molar-refractivity contribution in [3.63, 3.8) is 0 Å². The van der Waals surface area contributed by atoms with Crippen LogP contribution in [0.15, 0.2) is 41.3 Å². The number of hydrogen-bond donors (Lipinski definition) is 1.